The minimum Gasteiger partial charge on any atom is -0.355 e. The van der Waals surface area contributed by atoms with E-state index in [4.69, 9.17) is 11.6 Å². The van der Waals surface area contributed by atoms with Gasteiger partial charge in [0.25, 0.3) is 11.8 Å². The highest BCUT2D eigenvalue weighted by molar-refractivity contribution is 6.31. The summed E-state index contributed by atoms with van der Waals surface area (Å²) in [6.07, 6.45) is 0.667. The van der Waals surface area contributed by atoms with E-state index in [1.165, 1.54) is 4.90 Å². The first-order chi connectivity index (χ1) is 18.4. The zero-order valence-electron chi connectivity index (χ0n) is 21.2. The van der Waals surface area contributed by atoms with Crippen molar-refractivity contribution in [2.24, 2.45) is 0 Å². The fourth-order valence-electron chi connectivity index (χ4n) is 4.63. The first-order valence-electron chi connectivity index (χ1n) is 12.7. The molecular weight excluding hydrogens is 502 g/mol. The highest BCUT2D eigenvalue weighted by Gasteiger charge is 2.35. The fraction of sp³-hybridized carbons (Fsp3) is 0.267. The highest BCUT2D eigenvalue weighted by Crippen LogP contribution is 2.24. The summed E-state index contributed by atoms with van der Waals surface area (Å²) >= 11 is 6.43. The summed E-state index contributed by atoms with van der Waals surface area (Å²) in [6, 6.07) is 22.7. The zero-order chi connectivity index (χ0) is 27.1. The summed E-state index contributed by atoms with van der Waals surface area (Å²) in [5.74, 6) is -1.21. The number of rotatable bonds is 11. The summed E-state index contributed by atoms with van der Waals surface area (Å²) < 4.78 is 0. The molecule has 1 aliphatic heterocycles. The van der Waals surface area contributed by atoms with Gasteiger partial charge < -0.3 is 10.2 Å². The Kier molecular flexibility index (Phi) is 8.92. The number of hydrogen-bond donors (Lipinski definition) is 1. The number of amides is 4. The number of fused-ring (bicyclic) bond motifs is 1. The van der Waals surface area contributed by atoms with Gasteiger partial charge in [0.2, 0.25) is 11.8 Å². The van der Waals surface area contributed by atoms with E-state index >= 15 is 0 Å². The van der Waals surface area contributed by atoms with E-state index in [1.54, 1.807) is 35.2 Å². The lowest BCUT2D eigenvalue weighted by molar-refractivity contribution is -0.141. The van der Waals surface area contributed by atoms with Crippen molar-refractivity contribution in [3.63, 3.8) is 0 Å². The molecule has 0 spiro atoms. The van der Waals surface area contributed by atoms with E-state index in [9.17, 15) is 19.2 Å². The summed E-state index contributed by atoms with van der Waals surface area (Å²) in [5, 5.41) is 3.37. The first-order valence-corrected chi connectivity index (χ1v) is 13.1. The third-order valence-electron chi connectivity index (χ3n) is 6.57. The van der Waals surface area contributed by atoms with Crippen LogP contribution in [0.5, 0.6) is 0 Å². The Morgan fingerprint density at radius 1 is 0.895 bits per heavy atom. The Labute approximate surface area is 227 Å². The van der Waals surface area contributed by atoms with E-state index in [-0.39, 0.29) is 49.6 Å². The summed E-state index contributed by atoms with van der Waals surface area (Å²) in [6.45, 7) is 2.53. The Morgan fingerprint density at radius 3 is 2.13 bits per heavy atom. The van der Waals surface area contributed by atoms with Crippen LogP contribution in [0.3, 0.4) is 0 Å². The molecule has 3 aromatic rings. The van der Waals surface area contributed by atoms with Crippen molar-refractivity contribution in [2.45, 2.75) is 38.8 Å². The van der Waals surface area contributed by atoms with Crippen molar-refractivity contribution in [1.82, 2.24) is 15.1 Å². The molecule has 1 N–H and O–H groups in total. The van der Waals surface area contributed by atoms with Crippen molar-refractivity contribution >= 4 is 35.2 Å². The maximum absolute atomic E-state index is 13.7. The van der Waals surface area contributed by atoms with Crippen molar-refractivity contribution in [3.8, 4) is 0 Å². The van der Waals surface area contributed by atoms with Crippen LogP contribution in [0, 0.1) is 0 Å². The maximum Gasteiger partial charge on any atom is 0.261 e. The van der Waals surface area contributed by atoms with Gasteiger partial charge in [-0.3, -0.25) is 24.1 Å². The molecule has 1 aliphatic rings. The monoisotopic (exact) mass is 531 g/mol. The number of imide groups is 1. The molecule has 8 heteroatoms. The van der Waals surface area contributed by atoms with Crippen molar-refractivity contribution < 1.29 is 19.2 Å². The van der Waals surface area contributed by atoms with Gasteiger partial charge in [-0.05, 0) is 42.7 Å². The molecule has 0 bridgehead atoms. The number of hydrogen-bond acceptors (Lipinski definition) is 4. The minimum atomic E-state index is -0.763. The summed E-state index contributed by atoms with van der Waals surface area (Å²) in [5.41, 5.74) is 2.41. The average Bonchev–Trinajstić information content (AvgIpc) is 3.17. The number of benzene rings is 3. The molecule has 1 atom stereocenters. The van der Waals surface area contributed by atoms with E-state index in [0.29, 0.717) is 29.1 Å². The van der Waals surface area contributed by atoms with Gasteiger partial charge in [-0.25, -0.2) is 0 Å². The van der Waals surface area contributed by atoms with Crippen LogP contribution in [-0.4, -0.2) is 52.6 Å². The molecular formula is C30H30ClN3O4. The predicted octanol–water partition coefficient (Wildman–Crippen LogP) is 4.49. The lowest BCUT2D eigenvalue weighted by Crippen LogP contribution is -2.50. The quantitative estimate of drug-likeness (QED) is 0.369. The van der Waals surface area contributed by atoms with Crippen LogP contribution < -0.4 is 5.32 Å². The second kappa shape index (κ2) is 12.5. The van der Waals surface area contributed by atoms with Crippen molar-refractivity contribution in [3.05, 3.63) is 106 Å². The number of nitrogens with zero attached hydrogens (tertiary/aromatic N) is 2. The summed E-state index contributed by atoms with van der Waals surface area (Å²) in [7, 11) is 0. The molecule has 38 heavy (non-hydrogen) atoms. The molecule has 196 valence electrons. The third kappa shape index (κ3) is 6.11. The average molecular weight is 532 g/mol. The van der Waals surface area contributed by atoms with Crippen LogP contribution in [0.4, 0.5) is 0 Å². The van der Waals surface area contributed by atoms with Crippen molar-refractivity contribution in [1.29, 1.82) is 0 Å². The number of carbonyl (C=O) groups is 4. The normalized spacial score (nSPS) is 13.3. The van der Waals surface area contributed by atoms with Crippen LogP contribution in [0.25, 0.3) is 0 Å². The molecule has 0 saturated heterocycles. The van der Waals surface area contributed by atoms with Gasteiger partial charge in [-0.1, -0.05) is 72.3 Å². The van der Waals surface area contributed by atoms with Gasteiger partial charge in [0, 0.05) is 37.5 Å². The molecule has 3 aromatic carbocycles. The molecule has 0 unspecified atom stereocenters. The molecule has 0 radical (unpaired) electrons. The lowest BCUT2D eigenvalue weighted by Gasteiger charge is -2.32. The first kappa shape index (κ1) is 27.1. The van der Waals surface area contributed by atoms with Crippen LogP contribution in [0.1, 0.15) is 51.6 Å². The standard InChI is InChI=1S/C30H30ClN3O4/c1-2-32-28(36)26(19-21-11-4-3-5-12-21)34(20-22-13-6-9-16-25(22)31)27(35)17-10-18-33-29(37)23-14-7-8-15-24(23)30(33)38/h3-9,11-16,26H,2,10,17-20H2,1H3,(H,32,36)/t26-/m0/s1. The van der Waals surface area contributed by atoms with E-state index in [0.717, 1.165) is 11.1 Å². The van der Waals surface area contributed by atoms with Crippen LogP contribution in [-0.2, 0) is 22.6 Å². The molecule has 0 aliphatic carbocycles. The smallest absolute Gasteiger partial charge is 0.261 e. The molecule has 4 rings (SSSR count). The third-order valence-corrected chi connectivity index (χ3v) is 6.94. The molecule has 7 nitrogen and oxygen atoms in total. The zero-order valence-corrected chi connectivity index (χ0v) is 22.0. The van der Waals surface area contributed by atoms with Gasteiger partial charge in [0.15, 0.2) is 0 Å². The molecule has 1 heterocycles. The van der Waals surface area contributed by atoms with E-state index in [2.05, 4.69) is 5.32 Å². The molecule has 0 saturated carbocycles. The maximum atomic E-state index is 13.7. The lowest BCUT2D eigenvalue weighted by atomic mass is 10.0. The van der Waals surface area contributed by atoms with Gasteiger partial charge in [-0.15, -0.1) is 0 Å². The van der Waals surface area contributed by atoms with Gasteiger partial charge in [-0.2, -0.15) is 0 Å². The van der Waals surface area contributed by atoms with Crippen LogP contribution in [0.2, 0.25) is 5.02 Å². The Morgan fingerprint density at radius 2 is 1.50 bits per heavy atom. The number of carbonyl (C=O) groups excluding carboxylic acids is 4. The van der Waals surface area contributed by atoms with Crippen LogP contribution in [0.15, 0.2) is 78.9 Å². The number of nitrogens with one attached hydrogen (secondary N) is 1. The van der Waals surface area contributed by atoms with E-state index < -0.39 is 6.04 Å². The molecule has 0 aromatic heterocycles. The number of likely N-dealkylation sites (N-methyl/N-ethyl adjacent to an activating group) is 1. The summed E-state index contributed by atoms with van der Waals surface area (Å²) in [4.78, 5) is 55.1. The van der Waals surface area contributed by atoms with Gasteiger partial charge in [0.05, 0.1) is 11.1 Å². The Hall–Kier alpha value is -3.97. The second-order valence-electron chi connectivity index (χ2n) is 9.12. The SMILES string of the molecule is CCNC(=O)[C@H](Cc1ccccc1)N(Cc1ccccc1Cl)C(=O)CCCN1C(=O)c2ccccc2C1=O. The fourth-order valence-corrected chi connectivity index (χ4v) is 4.83. The van der Waals surface area contributed by atoms with E-state index in [1.807, 2.05) is 55.5 Å². The van der Waals surface area contributed by atoms with Crippen molar-refractivity contribution in [2.75, 3.05) is 13.1 Å². The largest absolute Gasteiger partial charge is 0.355 e. The molecule has 0 fully saturated rings. The minimum absolute atomic E-state index is 0.0581. The molecule has 4 amide bonds. The predicted molar refractivity (Wildman–Crippen MR) is 146 cm³/mol. The van der Waals surface area contributed by atoms with Gasteiger partial charge in [0.1, 0.15) is 6.04 Å². The second-order valence-corrected chi connectivity index (χ2v) is 9.53. The van der Waals surface area contributed by atoms with Crippen LogP contribution >= 0.6 is 11.6 Å². The van der Waals surface area contributed by atoms with Gasteiger partial charge >= 0.3 is 0 Å². The Balaban J connectivity index is 1.53. The Bertz CT molecular complexity index is 1290. The topological polar surface area (TPSA) is 86.8 Å². The number of halogens is 1. The highest BCUT2D eigenvalue weighted by atomic mass is 35.5.